The first-order chi connectivity index (χ1) is 13.6. The summed E-state index contributed by atoms with van der Waals surface area (Å²) in [5.74, 6) is -0.499. The number of fused-ring (bicyclic) bond motifs is 1. The average Bonchev–Trinajstić information content (AvgIpc) is 3.04. The summed E-state index contributed by atoms with van der Waals surface area (Å²) >= 11 is 0. The molecule has 3 rings (SSSR count). The molecule has 1 unspecified atom stereocenters. The molecule has 1 N–H and O–H groups in total. The minimum Gasteiger partial charge on any atom is -0.462 e. The molecule has 2 heterocycles. The van der Waals surface area contributed by atoms with Gasteiger partial charge in [0.1, 0.15) is 11.6 Å². The second kappa shape index (κ2) is 7.78. The monoisotopic (exact) mass is 403 g/mol. The van der Waals surface area contributed by atoms with Crippen molar-refractivity contribution in [3.8, 4) is 0 Å². The molecule has 0 aromatic heterocycles. The predicted octanol–water partition coefficient (Wildman–Crippen LogP) is 3.15. The lowest BCUT2D eigenvalue weighted by atomic mass is 9.89. The number of quaternary nitrogens is 1. The third kappa shape index (κ3) is 3.41. The van der Waals surface area contributed by atoms with Crippen LogP contribution in [-0.4, -0.2) is 69.8 Å². The van der Waals surface area contributed by atoms with E-state index in [0.717, 1.165) is 0 Å². The van der Waals surface area contributed by atoms with Gasteiger partial charge >= 0.3 is 12.1 Å². The van der Waals surface area contributed by atoms with Crippen LogP contribution in [-0.2, 0) is 9.53 Å². The molecule has 1 aromatic rings. The third-order valence-electron chi connectivity index (χ3n) is 6.56. The Morgan fingerprint density at radius 1 is 1.21 bits per heavy atom. The molecule has 2 aliphatic rings. The zero-order chi connectivity index (χ0) is 21.4. The Kier molecular flexibility index (Phi) is 5.72. The predicted molar refractivity (Wildman–Crippen MR) is 107 cm³/mol. The number of nitrogens with zero attached hydrogens (tertiary/aromatic N) is 2. The number of esters is 1. The number of ether oxygens (including phenoxy) is 1. The summed E-state index contributed by atoms with van der Waals surface area (Å²) in [5, 5.41) is 10.4. The van der Waals surface area contributed by atoms with E-state index in [2.05, 4.69) is 0 Å². The number of rotatable bonds is 3. The van der Waals surface area contributed by atoms with Gasteiger partial charge in [0.05, 0.1) is 13.2 Å². The molecule has 0 aliphatic carbocycles. The third-order valence-corrected chi connectivity index (χ3v) is 6.56. The number of hydrogen-bond donors (Lipinski definition) is 1. The van der Waals surface area contributed by atoms with Gasteiger partial charge in [-0.2, -0.15) is 4.79 Å². The molecule has 4 atom stereocenters. The van der Waals surface area contributed by atoms with Crippen molar-refractivity contribution in [3.05, 3.63) is 35.9 Å². The van der Waals surface area contributed by atoms with Crippen LogP contribution in [0, 0.1) is 5.92 Å². The molecule has 7 nitrogen and oxygen atoms in total. The standard InChI is InChI=1S/C22H30N2O5/c1-5-29-20(26)17-13-16-11-12-23(19(25)15-9-7-6-8-10-15)14-18(16)24(17,21(27)28)22(2,3)4/h6-10,16-18H,5,11-14H2,1-4H3/p+1/t16-,17-,18-,24?/m0/s1. The highest BCUT2D eigenvalue weighted by Crippen LogP contribution is 2.48. The van der Waals surface area contributed by atoms with Crippen LogP contribution < -0.4 is 0 Å². The Labute approximate surface area is 171 Å². The van der Waals surface area contributed by atoms with E-state index < -0.39 is 28.1 Å². The first kappa shape index (κ1) is 21.3. The largest absolute Gasteiger partial charge is 0.514 e. The number of hydrogen-bond acceptors (Lipinski definition) is 4. The fraction of sp³-hybridized carbons (Fsp3) is 0.591. The normalized spacial score (nSPS) is 29.2. The number of piperidine rings is 1. The van der Waals surface area contributed by atoms with E-state index in [1.54, 1.807) is 24.0 Å². The van der Waals surface area contributed by atoms with Crippen molar-refractivity contribution < 1.29 is 28.7 Å². The summed E-state index contributed by atoms with van der Waals surface area (Å²) in [6.07, 6.45) is 0.125. The molecule has 1 aromatic carbocycles. The van der Waals surface area contributed by atoms with Crippen molar-refractivity contribution in [2.75, 3.05) is 19.7 Å². The van der Waals surface area contributed by atoms with Gasteiger partial charge in [-0.1, -0.05) is 18.2 Å². The molecule has 2 aliphatic heterocycles. The van der Waals surface area contributed by atoms with Crippen molar-refractivity contribution in [1.82, 2.24) is 4.90 Å². The molecule has 2 amide bonds. The van der Waals surface area contributed by atoms with Crippen LogP contribution in [0.15, 0.2) is 30.3 Å². The Morgan fingerprint density at radius 3 is 2.41 bits per heavy atom. The van der Waals surface area contributed by atoms with Gasteiger partial charge in [-0.15, -0.1) is 0 Å². The molecular formula is C22H31N2O5+. The zero-order valence-electron chi connectivity index (χ0n) is 17.6. The number of carbonyl (C=O) groups excluding carboxylic acids is 2. The summed E-state index contributed by atoms with van der Waals surface area (Å²) in [5.41, 5.74) is -0.142. The molecule has 2 fully saturated rings. The van der Waals surface area contributed by atoms with Crippen LogP contribution in [0.3, 0.4) is 0 Å². The summed E-state index contributed by atoms with van der Waals surface area (Å²) in [6.45, 7) is 8.39. The fourth-order valence-corrected chi connectivity index (χ4v) is 5.38. The summed E-state index contributed by atoms with van der Waals surface area (Å²) < 4.78 is 4.88. The zero-order valence-corrected chi connectivity index (χ0v) is 17.6. The molecular weight excluding hydrogens is 372 g/mol. The number of likely N-dealkylation sites (tertiary alicyclic amines) is 2. The van der Waals surface area contributed by atoms with E-state index in [4.69, 9.17) is 4.74 Å². The molecule has 0 radical (unpaired) electrons. The number of benzene rings is 1. The average molecular weight is 403 g/mol. The first-order valence-corrected chi connectivity index (χ1v) is 10.3. The molecule has 0 bridgehead atoms. The van der Waals surface area contributed by atoms with Crippen LogP contribution >= 0.6 is 0 Å². The van der Waals surface area contributed by atoms with Crippen molar-refractivity contribution >= 4 is 18.0 Å². The second-order valence-electron chi connectivity index (χ2n) is 8.97. The van der Waals surface area contributed by atoms with Gasteiger partial charge in [0.2, 0.25) is 0 Å². The summed E-state index contributed by atoms with van der Waals surface area (Å²) in [6, 6.07) is 7.91. The number of carbonyl (C=O) groups is 3. The van der Waals surface area contributed by atoms with Crippen LogP contribution in [0.1, 0.15) is 50.9 Å². The van der Waals surface area contributed by atoms with Gasteiger partial charge in [0.15, 0.2) is 6.04 Å². The minimum atomic E-state index is -1.03. The highest BCUT2D eigenvalue weighted by molar-refractivity contribution is 5.94. The number of amides is 2. The van der Waals surface area contributed by atoms with Crippen molar-refractivity contribution in [2.24, 2.45) is 5.92 Å². The lowest BCUT2D eigenvalue weighted by Crippen LogP contribution is -2.73. The lowest BCUT2D eigenvalue weighted by molar-refractivity contribution is -0.930. The van der Waals surface area contributed by atoms with E-state index in [0.29, 0.717) is 31.5 Å². The Morgan fingerprint density at radius 2 is 1.86 bits per heavy atom. The van der Waals surface area contributed by atoms with Gasteiger partial charge in [0, 0.05) is 24.4 Å². The topological polar surface area (TPSA) is 83.9 Å². The lowest BCUT2D eigenvalue weighted by Gasteiger charge is -2.50. The summed E-state index contributed by atoms with van der Waals surface area (Å²) in [7, 11) is 0. The van der Waals surface area contributed by atoms with Gasteiger partial charge in [0.25, 0.3) is 5.91 Å². The van der Waals surface area contributed by atoms with Crippen LogP contribution in [0.4, 0.5) is 4.79 Å². The Bertz CT molecular complexity index is 788. The van der Waals surface area contributed by atoms with Gasteiger partial charge < -0.3 is 14.7 Å². The molecule has 158 valence electrons. The molecule has 2 saturated heterocycles. The van der Waals surface area contributed by atoms with E-state index in [9.17, 15) is 19.5 Å². The van der Waals surface area contributed by atoms with E-state index in [1.165, 1.54) is 0 Å². The van der Waals surface area contributed by atoms with Crippen molar-refractivity contribution in [3.63, 3.8) is 0 Å². The van der Waals surface area contributed by atoms with Gasteiger partial charge in [-0.25, -0.2) is 9.28 Å². The van der Waals surface area contributed by atoms with Crippen LogP contribution in [0.5, 0.6) is 0 Å². The van der Waals surface area contributed by atoms with E-state index in [1.807, 2.05) is 39.0 Å². The molecule has 0 saturated carbocycles. The second-order valence-corrected chi connectivity index (χ2v) is 8.97. The highest BCUT2D eigenvalue weighted by atomic mass is 16.5. The molecule has 0 spiro atoms. The van der Waals surface area contributed by atoms with Crippen molar-refractivity contribution in [2.45, 2.75) is 58.2 Å². The minimum absolute atomic E-state index is 0.0551. The van der Waals surface area contributed by atoms with Gasteiger partial charge in [-0.05, 0) is 46.2 Å². The maximum absolute atomic E-state index is 13.0. The molecule has 7 heteroatoms. The highest BCUT2D eigenvalue weighted by Gasteiger charge is 2.69. The number of carboxylic acid groups (broad SMARTS) is 1. The quantitative estimate of drug-likeness (QED) is 0.619. The SMILES string of the molecule is CCOC(=O)[C@@H]1C[C@@H]2CCN(C(=O)c3ccccc3)C[C@@H]2[N+]1(C(=O)O)C(C)(C)C. The van der Waals surface area contributed by atoms with Crippen molar-refractivity contribution in [1.29, 1.82) is 0 Å². The first-order valence-electron chi connectivity index (χ1n) is 10.3. The molecule has 29 heavy (non-hydrogen) atoms. The summed E-state index contributed by atoms with van der Waals surface area (Å²) in [4.78, 5) is 40.3. The Hall–Kier alpha value is -2.41. The van der Waals surface area contributed by atoms with Crippen LogP contribution in [0.25, 0.3) is 0 Å². The van der Waals surface area contributed by atoms with E-state index >= 15 is 0 Å². The van der Waals surface area contributed by atoms with Gasteiger partial charge in [-0.3, -0.25) is 4.79 Å². The fourth-order valence-electron chi connectivity index (χ4n) is 5.38. The maximum Gasteiger partial charge on any atom is 0.514 e. The Balaban J connectivity index is 1.99. The van der Waals surface area contributed by atoms with Crippen LogP contribution in [0.2, 0.25) is 0 Å². The van der Waals surface area contributed by atoms with E-state index in [-0.39, 0.29) is 24.5 Å². The maximum atomic E-state index is 13.0. The smallest absolute Gasteiger partial charge is 0.462 e.